The lowest BCUT2D eigenvalue weighted by Gasteiger charge is -2.09. The summed E-state index contributed by atoms with van der Waals surface area (Å²) < 4.78 is 51.9. The van der Waals surface area contributed by atoms with Gasteiger partial charge < -0.3 is 4.74 Å². The Morgan fingerprint density at radius 1 is 1.41 bits per heavy atom. The molecular formula is C10H5F4NO2. The lowest BCUT2D eigenvalue weighted by atomic mass is 10.1. The van der Waals surface area contributed by atoms with Crippen LogP contribution < -0.4 is 4.74 Å². The van der Waals surface area contributed by atoms with Crippen molar-refractivity contribution >= 4 is 5.78 Å². The number of hydrogen-bond donors (Lipinski definition) is 0. The van der Waals surface area contributed by atoms with Crippen molar-refractivity contribution < 1.29 is 27.1 Å². The first kappa shape index (κ1) is 13.0. The van der Waals surface area contributed by atoms with E-state index in [1.54, 1.807) is 6.07 Å². The Morgan fingerprint density at radius 2 is 2.06 bits per heavy atom. The predicted octanol–water partition coefficient (Wildman–Crippen LogP) is 2.82. The average molecular weight is 247 g/mol. The van der Waals surface area contributed by atoms with E-state index in [4.69, 9.17) is 5.26 Å². The number of hydrogen-bond acceptors (Lipinski definition) is 3. The summed E-state index contributed by atoms with van der Waals surface area (Å²) in [6.07, 6.45) is -5.47. The number of ketones is 1. The molecule has 0 aliphatic rings. The number of ether oxygens (including phenoxy) is 1. The van der Waals surface area contributed by atoms with Gasteiger partial charge in [-0.1, -0.05) is 0 Å². The zero-order chi connectivity index (χ0) is 13.1. The van der Waals surface area contributed by atoms with Gasteiger partial charge in [-0.3, -0.25) is 4.79 Å². The largest absolute Gasteiger partial charge is 0.573 e. The van der Waals surface area contributed by atoms with Gasteiger partial charge in [0.2, 0.25) is 0 Å². The molecule has 0 radical (unpaired) electrons. The van der Waals surface area contributed by atoms with E-state index in [-0.39, 0.29) is 5.56 Å². The van der Waals surface area contributed by atoms with Gasteiger partial charge in [-0.15, -0.1) is 13.2 Å². The smallest absolute Gasteiger partial charge is 0.403 e. The average Bonchev–Trinajstić information content (AvgIpc) is 2.19. The van der Waals surface area contributed by atoms with E-state index in [1.165, 1.54) is 0 Å². The maximum atomic E-state index is 13.1. The van der Waals surface area contributed by atoms with Gasteiger partial charge in [0.1, 0.15) is 0 Å². The number of Topliss-reactive ketones (excluding diaryl/α,β-unsaturated/α-hetero) is 1. The second-order valence-electron chi connectivity index (χ2n) is 2.95. The lowest BCUT2D eigenvalue weighted by molar-refractivity contribution is -0.275. The highest BCUT2D eigenvalue weighted by atomic mass is 19.4. The van der Waals surface area contributed by atoms with Crippen LogP contribution in [0.15, 0.2) is 18.2 Å². The molecule has 0 N–H and O–H groups in total. The highest BCUT2D eigenvalue weighted by Crippen LogP contribution is 2.26. The fraction of sp³-hybridized carbons (Fsp3) is 0.200. The molecule has 0 unspecified atom stereocenters. The standard InChI is InChI=1S/C10H5F4NO2/c11-7-5-6(8(16)3-4-15)1-2-9(7)17-10(12,13)14/h1-2,5H,3H2. The van der Waals surface area contributed by atoms with Crippen LogP contribution in [0.1, 0.15) is 16.8 Å². The fourth-order valence-electron chi connectivity index (χ4n) is 1.06. The number of nitriles is 1. The summed E-state index contributed by atoms with van der Waals surface area (Å²) in [5.74, 6) is -3.01. The summed E-state index contributed by atoms with van der Waals surface area (Å²) in [5.41, 5.74) is -0.182. The minimum absolute atomic E-state index is 0.182. The molecule has 0 aliphatic heterocycles. The summed E-state index contributed by atoms with van der Waals surface area (Å²) in [6, 6.07) is 3.80. The molecule has 0 bridgehead atoms. The Bertz CT molecular complexity index is 476. The number of carbonyl (C=O) groups excluding carboxylic acids is 1. The third kappa shape index (κ3) is 3.75. The van der Waals surface area contributed by atoms with Crippen LogP contribution in [0.3, 0.4) is 0 Å². The molecule has 1 aromatic carbocycles. The van der Waals surface area contributed by atoms with Crippen molar-refractivity contribution in [1.29, 1.82) is 5.26 Å². The molecule has 90 valence electrons. The van der Waals surface area contributed by atoms with Crippen LogP contribution in [0, 0.1) is 17.1 Å². The quantitative estimate of drug-likeness (QED) is 0.609. The number of benzene rings is 1. The molecule has 0 spiro atoms. The Balaban J connectivity index is 2.95. The van der Waals surface area contributed by atoms with Crippen molar-refractivity contribution in [3.05, 3.63) is 29.6 Å². The van der Waals surface area contributed by atoms with Gasteiger partial charge in [0.15, 0.2) is 17.3 Å². The first-order valence-electron chi connectivity index (χ1n) is 4.29. The first-order valence-corrected chi connectivity index (χ1v) is 4.29. The number of nitrogens with zero attached hydrogens (tertiary/aromatic N) is 1. The minimum Gasteiger partial charge on any atom is -0.403 e. The van der Waals surface area contributed by atoms with Crippen LogP contribution in [0.2, 0.25) is 0 Å². The highest BCUT2D eigenvalue weighted by molar-refractivity contribution is 5.97. The van der Waals surface area contributed by atoms with E-state index in [1.807, 2.05) is 0 Å². The molecule has 0 aromatic heterocycles. The molecule has 17 heavy (non-hydrogen) atoms. The molecule has 0 saturated carbocycles. The van der Waals surface area contributed by atoms with E-state index < -0.39 is 30.1 Å². The predicted molar refractivity (Wildman–Crippen MR) is 47.6 cm³/mol. The maximum absolute atomic E-state index is 13.1. The maximum Gasteiger partial charge on any atom is 0.573 e. The topological polar surface area (TPSA) is 50.1 Å². The second-order valence-corrected chi connectivity index (χ2v) is 2.95. The Hall–Kier alpha value is -2.10. The van der Waals surface area contributed by atoms with Crippen molar-refractivity contribution in [1.82, 2.24) is 0 Å². The Kier molecular flexibility index (Phi) is 3.68. The normalized spacial score (nSPS) is 10.8. The SMILES string of the molecule is N#CCC(=O)c1ccc(OC(F)(F)F)c(F)c1. The van der Waals surface area contributed by atoms with Crippen molar-refractivity contribution in [3.63, 3.8) is 0 Å². The van der Waals surface area contributed by atoms with Crippen LogP contribution >= 0.6 is 0 Å². The molecule has 0 fully saturated rings. The fourth-order valence-corrected chi connectivity index (χ4v) is 1.06. The number of carbonyl (C=O) groups is 1. The third-order valence-electron chi connectivity index (χ3n) is 1.72. The minimum atomic E-state index is -5.00. The van der Waals surface area contributed by atoms with E-state index in [0.717, 1.165) is 6.07 Å². The van der Waals surface area contributed by atoms with Crippen molar-refractivity contribution in [2.75, 3.05) is 0 Å². The molecule has 0 heterocycles. The van der Waals surface area contributed by atoms with Crippen LogP contribution in [-0.2, 0) is 0 Å². The van der Waals surface area contributed by atoms with Gasteiger partial charge in [0, 0.05) is 5.56 Å². The lowest BCUT2D eigenvalue weighted by Crippen LogP contribution is -2.18. The monoisotopic (exact) mass is 247 g/mol. The van der Waals surface area contributed by atoms with Gasteiger partial charge >= 0.3 is 6.36 Å². The van der Waals surface area contributed by atoms with Gasteiger partial charge in [-0.05, 0) is 18.2 Å². The Morgan fingerprint density at radius 3 is 2.53 bits per heavy atom. The summed E-state index contributed by atoms with van der Waals surface area (Å²) >= 11 is 0. The molecule has 0 amide bonds. The highest BCUT2D eigenvalue weighted by Gasteiger charge is 2.32. The molecule has 0 atom stereocenters. The van der Waals surface area contributed by atoms with Crippen LogP contribution in [-0.4, -0.2) is 12.1 Å². The molecule has 0 saturated heterocycles. The molecule has 1 rings (SSSR count). The Labute approximate surface area is 93.2 Å². The van der Waals surface area contributed by atoms with E-state index >= 15 is 0 Å². The van der Waals surface area contributed by atoms with Gasteiger partial charge in [-0.2, -0.15) is 5.26 Å². The molecular weight excluding hydrogens is 242 g/mol. The summed E-state index contributed by atoms with van der Waals surface area (Å²) in [6.45, 7) is 0. The second kappa shape index (κ2) is 4.82. The molecule has 3 nitrogen and oxygen atoms in total. The summed E-state index contributed by atoms with van der Waals surface area (Å²) in [4.78, 5) is 11.1. The molecule has 1 aromatic rings. The number of rotatable bonds is 3. The van der Waals surface area contributed by atoms with Gasteiger partial charge in [0.25, 0.3) is 0 Å². The van der Waals surface area contributed by atoms with Crippen molar-refractivity contribution in [3.8, 4) is 11.8 Å². The van der Waals surface area contributed by atoms with Crippen molar-refractivity contribution in [2.45, 2.75) is 12.8 Å². The molecule has 7 heteroatoms. The number of alkyl halides is 3. The zero-order valence-electron chi connectivity index (χ0n) is 8.21. The van der Waals surface area contributed by atoms with E-state index in [0.29, 0.717) is 12.1 Å². The van der Waals surface area contributed by atoms with E-state index in [2.05, 4.69) is 4.74 Å². The van der Waals surface area contributed by atoms with Crippen LogP contribution in [0.5, 0.6) is 5.75 Å². The van der Waals surface area contributed by atoms with Crippen LogP contribution in [0.25, 0.3) is 0 Å². The summed E-state index contributed by atoms with van der Waals surface area (Å²) in [7, 11) is 0. The van der Waals surface area contributed by atoms with Gasteiger partial charge in [-0.25, -0.2) is 4.39 Å². The van der Waals surface area contributed by atoms with E-state index in [9.17, 15) is 22.4 Å². The first-order chi connectivity index (χ1) is 7.83. The number of halogens is 4. The third-order valence-corrected chi connectivity index (χ3v) is 1.72. The van der Waals surface area contributed by atoms with Crippen LogP contribution in [0.4, 0.5) is 17.6 Å². The summed E-state index contributed by atoms with van der Waals surface area (Å²) in [5, 5.41) is 8.24. The van der Waals surface area contributed by atoms with Gasteiger partial charge in [0.05, 0.1) is 12.5 Å². The molecule has 0 aliphatic carbocycles. The zero-order valence-corrected chi connectivity index (χ0v) is 8.21. The van der Waals surface area contributed by atoms with Crippen molar-refractivity contribution in [2.24, 2.45) is 0 Å².